The Morgan fingerprint density at radius 2 is 2.46 bits per heavy atom. The van der Waals surface area contributed by atoms with Gasteiger partial charge in [0, 0.05) is 15.3 Å². The molecule has 0 amide bonds. The lowest BCUT2D eigenvalue weighted by atomic mass is 10.1. The van der Waals surface area contributed by atoms with Crippen molar-refractivity contribution in [3.8, 4) is 0 Å². The molecule has 13 heavy (non-hydrogen) atoms. The number of thiophene rings is 1. The Morgan fingerprint density at radius 1 is 1.85 bits per heavy atom. The van der Waals surface area contributed by atoms with E-state index in [0.717, 1.165) is 9.35 Å². The van der Waals surface area contributed by atoms with E-state index in [9.17, 15) is 4.79 Å². The molecule has 0 saturated carbocycles. The second-order valence-electron chi connectivity index (χ2n) is 2.77. The fourth-order valence-corrected chi connectivity index (χ4v) is 2.76. The van der Waals surface area contributed by atoms with Crippen molar-refractivity contribution in [2.75, 3.05) is 0 Å². The topological polar surface area (TPSA) is 37.3 Å². The van der Waals surface area contributed by atoms with E-state index in [2.05, 4.69) is 15.9 Å². The summed E-state index contributed by atoms with van der Waals surface area (Å²) in [6.45, 7) is 1.88. The Morgan fingerprint density at radius 3 is 2.85 bits per heavy atom. The Balaban J connectivity index is 2.77. The van der Waals surface area contributed by atoms with E-state index in [1.807, 2.05) is 13.0 Å². The van der Waals surface area contributed by atoms with Gasteiger partial charge in [-0.15, -0.1) is 11.3 Å². The number of halogens is 2. The smallest absolute Gasteiger partial charge is 0.303 e. The lowest BCUT2D eigenvalue weighted by Gasteiger charge is -2.03. The van der Waals surface area contributed by atoms with Crippen LogP contribution in [0, 0.1) is 0 Å². The molecule has 1 N–H and O–H groups in total. The summed E-state index contributed by atoms with van der Waals surface area (Å²) >= 11 is 10.5. The number of rotatable bonds is 3. The largest absolute Gasteiger partial charge is 0.481 e. The van der Waals surface area contributed by atoms with Gasteiger partial charge in [0.1, 0.15) is 4.34 Å². The minimum Gasteiger partial charge on any atom is -0.481 e. The van der Waals surface area contributed by atoms with Crippen molar-refractivity contribution in [3.05, 3.63) is 19.8 Å². The van der Waals surface area contributed by atoms with Crippen LogP contribution in [0.4, 0.5) is 0 Å². The highest BCUT2D eigenvalue weighted by Gasteiger charge is 2.14. The van der Waals surface area contributed by atoms with E-state index in [4.69, 9.17) is 16.7 Å². The number of carboxylic acid groups (broad SMARTS) is 1. The van der Waals surface area contributed by atoms with Gasteiger partial charge in [0.05, 0.1) is 6.42 Å². The Labute approximate surface area is 93.7 Å². The van der Waals surface area contributed by atoms with Gasteiger partial charge in [0.15, 0.2) is 0 Å². The molecule has 1 heterocycles. The summed E-state index contributed by atoms with van der Waals surface area (Å²) < 4.78 is 1.51. The van der Waals surface area contributed by atoms with Crippen LogP contribution in [0.2, 0.25) is 4.34 Å². The van der Waals surface area contributed by atoms with Crippen molar-refractivity contribution in [2.45, 2.75) is 19.3 Å². The first-order valence-electron chi connectivity index (χ1n) is 3.67. The molecule has 1 rings (SSSR count). The molecule has 0 spiro atoms. The molecule has 1 unspecified atom stereocenters. The summed E-state index contributed by atoms with van der Waals surface area (Å²) in [4.78, 5) is 11.4. The van der Waals surface area contributed by atoms with Crippen LogP contribution >= 0.6 is 38.9 Å². The minimum absolute atomic E-state index is 0.0197. The predicted molar refractivity (Wildman–Crippen MR) is 57.7 cm³/mol. The lowest BCUT2D eigenvalue weighted by molar-refractivity contribution is -0.137. The summed E-state index contributed by atoms with van der Waals surface area (Å²) in [6, 6.07) is 1.88. The van der Waals surface area contributed by atoms with Crippen molar-refractivity contribution in [3.63, 3.8) is 0 Å². The quantitative estimate of drug-likeness (QED) is 0.917. The zero-order valence-electron chi connectivity index (χ0n) is 6.88. The van der Waals surface area contributed by atoms with Gasteiger partial charge in [-0.2, -0.15) is 0 Å². The van der Waals surface area contributed by atoms with Crippen LogP contribution in [0.25, 0.3) is 0 Å². The van der Waals surface area contributed by atoms with Crippen LogP contribution in [0.1, 0.15) is 24.1 Å². The van der Waals surface area contributed by atoms with Crippen LogP contribution in [0.3, 0.4) is 0 Å². The maximum absolute atomic E-state index is 10.4. The molecule has 0 aliphatic heterocycles. The molecular weight excluding hydrogens is 276 g/mol. The number of hydrogen-bond donors (Lipinski definition) is 1. The third-order valence-corrected chi connectivity index (χ3v) is 4.34. The molecule has 5 heteroatoms. The highest BCUT2D eigenvalue weighted by atomic mass is 79.9. The molecule has 0 saturated heterocycles. The molecule has 0 aromatic carbocycles. The highest BCUT2D eigenvalue weighted by Crippen LogP contribution is 2.36. The van der Waals surface area contributed by atoms with Gasteiger partial charge in [-0.05, 0) is 22.0 Å². The summed E-state index contributed by atoms with van der Waals surface area (Å²) in [5.41, 5.74) is 0. The Bertz CT molecular complexity index is 304. The number of carbonyl (C=O) groups is 1. The SMILES string of the molecule is CC(CC(=O)O)c1cc(Br)c(Cl)s1. The van der Waals surface area contributed by atoms with Gasteiger partial charge in [-0.1, -0.05) is 18.5 Å². The van der Waals surface area contributed by atoms with E-state index in [0.29, 0.717) is 4.34 Å². The van der Waals surface area contributed by atoms with Crippen molar-refractivity contribution < 1.29 is 9.90 Å². The molecule has 0 bridgehead atoms. The third kappa shape index (κ3) is 2.97. The van der Waals surface area contributed by atoms with E-state index in [1.54, 1.807) is 0 Å². The minimum atomic E-state index is -0.784. The molecular formula is C8H8BrClO2S. The molecule has 0 radical (unpaired) electrons. The standard InChI is InChI=1S/C8H8BrClO2S/c1-4(2-7(11)12)6-3-5(9)8(10)13-6/h3-4H,2H2,1H3,(H,11,12). The zero-order valence-corrected chi connectivity index (χ0v) is 10.0. The Kier molecular flexibility index (Phi) is 3.76. The second-order valence-corrected chi connectivity index (χ2v) is 5.31. The Hall–Kier alpha value is -0.0600. The summed E-state index contributed by atoms with van der Waals surface area (Å²) in [5, 5.41) is 8.58. The number of carboxylic acids is 1. The molecule has 2 nitrogen and oxygen atoms in total. The van der Waals surface area contributed by atoms with Gasteiger partial charge >= 0.3 is 5.97 Å². The van der Waals surface area contributed by atoms with Crippen LogP contribution in [-0.2, 0) is 4.79 Å². The van der Waals surface area contributed by atoms with E-state index in [-0.39, 0.29) is 12.3 Å². The molecule has 0 aliphatic carbocycles. The van der Waals surface area contributed by atoms with Gasteiger partial charge in [-0.3, -0.25) is 4.79 Å². The maximum Gasteiger partial charge on any atom is 0.303 e. The predicted octanol–water partition coefficient (Wildman–Crippen LogP) is 3.74. The number of hydrogen-bond acceptors (Lipinski definition) is 2. The normalized spacial score (nSPS) is 12.8. The fraction of sp³-hybridized carbons (Fsp3) is 0.375. The van der Waals surface area contributed by atoms with Crippen molar-refractivity contribution in [2.24, 2.45) is 0 Å². The van der Waals surface area contributed by atoms with Gasteiger partial charge in [0.25, 0.3) is 0 Å². The van der Waals surface area contributed by atoms with E-state index >= 15 is 0 Å². The maximum atomic E-state index is 10.4. The first kappa shape index (κ1) is 11.0. The average Bonchev–Trinajstić information content (AvgIpc) is 2.31. The van der Waals surface area contributed by atoms with Crippen molar-refractivity contribution >= 4 is 44.8 Å². The lowest BCUT2D eigenvalue weighted by Crippen LogP contribution is -2.00. The van der Waals surface area contributed by atoms with Crippen molar-refractivity contribution in [1.82, 2.24) is 0 Å². The summed E-state index contributed by atoms with van der Waals surface area (Å²) in [7, 11) is 0. The zero-order chi connectivity index (χ0) is 10.0. The van der Waals surface area contributed by atoms with Crippen LogP contribution in [0.5, 0.6) is 0 Å². The molecule has 0 fully saturated rings. The average molecular weight is 284 g/mol. The van der Waals surface area contributed by atoms with Crippen LogP contribution < -0.4 is 0 Å². The van der Waals surface area contributed by atoms with Gasteiger partial charge in [-0.25, -0.2) is 0 Å². The first-order chi connectivity index (χ1) is 6.00. The van der Waals surface area contributed by atoms with E-state index in [1.165, 1.54) is 11.3 Å². The second kappa shape index (κ2) is 4.44. The fourth-order valence-electron chi connectivity index (χ4n) is 0.969. The third-order valence-electron chi connectivity index (χ3n) is 1.63. The molecule has 1 atom stereocenters. The van der Waals surface area contributed by atoms with Crippen LogP contribution in [0.15, 0.2) is 10.5 Å². The molecule has 0 aliphatic rings. The summed E-state index contributed by atoms with van der Waals surface area (Å²) in [6.07, 6.45) is 0.142. The number of aliphatic carboxylic acids is 1. The van der Waals surface area contributed by atoms with Gasteiger partial charge < -0.3 is 5.11 Å². The molecule has 72 valence electrons. The van der Waals surface area contributed by atoms with E-state index < -0.39 is 5.97 Å². The molecule has 1 aromatic rings. The van der Waals surface area contributed by atoms with Crippen molar-refractivity contribution in [1.29, 1.82) is 0 Å². The monoisotopic (exact) mass is 282 g/mol. The van der Waals surface area contributed by atoms with Gasteiger partial charge in [0.2, 0.25) is 0 Å². The molecule has 1 aromatic heterocycles. The van der Waals surface area contributed by atoms with Crippen LogP contribution in [-0.4, -0.2) is 11.1 Å². The summed E-state index contributed by atoms with van der Waals surface area (Å²) in [5.74, 6) is -0.764. The first-order valence-corrected chi connectivity index (χ1v) is 5.66. The highest BCUT2D eigenvalue weighted by molar-refractivity contribution is 9.10.